The molecule has 100 valence electrons. The fraction of sp³-hybridized carbons (Fsp3) is 0.643. The summed E-state index contributed by atoms with van der Waals surface area (Å²) in [4.78, 5) is 12.4. The summed E-state index contributed by atoms with van der Waals surface area (Å²) in [6, 6.07) is 1.80. The summed E-state index contributed by atoms with van der Waals surface area (Å²) in [5, 5.41) is 12.4. The van der Waals surface area contributed by atoms with E-state index in [0.717, 1.165) is 29.4 Å². The molecular formula is C14H21NO2S. The van der Waals surface area contributed by atoms with Crippen LogP contribution in [0.15, 0.2) is 6.07 Å². The molecule has 2 rings (SSSR count). The molecule has 0 aliphatic heterocycles. The van der Waals surface area contributed by atoms with Gasteiger partial charge in [-0.05, 0) is 42.7 Å². The largest absolute Gasteiger partial charge is 0.477 e. The molecule has 1 aromatic heterocycles. The number of nitrogens with one attached hydrogen (secondary N) is 1. The smallest absolute Gasteiger partial charge is 0.345 e. The lowest BCUT2D eigenvalue weighted by molar-refractivity contribution is 0.0702. The standard InChI is InChI=1S/C14H21NO2S/c1-9(2)14(4-5-14)8-15-7-11-6-12(13(16)17)18-10(11)3/h6,9,15H,4-5,7-8H2,1-3H3,(H,16,17). The number of carbonyl (C=O) groups is 1. The molecule has 1 heterocycles. The minimum Gasteiger partial charge on any atom is -0.477 e. The van der Waals surface area contributed by atoms with E-state index < -0.39 is 5.97 Å². The van der Waals surface area contributed by atoms with E-state index in [1.54, 1.807) is 6.07 Å². The Kier molecular flexibility index (Phi) is 3.78. The van der Waals surface area contributed by atoms with Crippen LogP contribution >= 0.6 is 11.3 Å². The maximum atomic E-state index is 10.9. The lowest BCUT2D eigenvalue weighted by Gasteiger charge is -2.20. The van der Waals surface area contributed by atoms with E-state index in [2.05, 4.69) is 19.2 Å². The Morgan fingerprint density at radius 1 is 1.56 bits per heavy atom. The van der Waals surface area contributed by atoms with Gasteiger partial charge in [0.15, 0.2) is 0 Å². The summed E-state index contributed by atoms with van der Waals surface area (Å²) in [5.41, 5.74) is 1.62. The minimum atomic E-state index is -0.824. The molecule has 0 radical (unpaired) electrons. The Bertz CT molecular complexity index is 447. The molecule has 1 fully saturated rings. The SMILES string of the molecule is Cc1sc(C(=O)O)cc1CNCC1(C(C)C)CC1. The van der Waals surface area contributed by atoms with Crippen LogP contribution in [0.3, 0.4) is 0 Å². The van der Waals surface area contributed by atoms with Crippen molar-refractivity contribution >= 4 is 17.3 Å². The molecule has 0 bridgehead atoms. The second kappa shape index (κ2) is 5.02. The zero-order valence-corrected chi connectivity index (χ0v) is 12.1. The summed E-state index contributed by atoms with van der Waals surface area (Å²) >= 11 is 1.36. The average molecular weight is 267 g/mol. The van der Waals surface area contributed by atoms with Crippen LogP contribution in [0, 0.1) is 18.3 Å². The minimum absolute atomic E-state index is 0.439. The maximum Gasteiger partial charge on any atom is 0.345 e. The first-order valence-electron chi connectivity index (χ1n) is 6.48. The quantitative estimate of drug-likeness (QED) is 0.831. The number of hydrogen-bond acceptors (Lipinski definition) is 3. The molecule has 18 heavy (non-hydrogen) atoms. The van der Waals surface area contributed by atoms with Gasteiger partial charge in [-0.2, -0.15) is 0 Å². The van der Waals surface area contributed by atoms with Crippen LogP contribution in [0.2, 0.25) is 0 Å². The Hall–Kier alpha value is -0.870. The average Bonchev–Trinajstić information content (AvgIpc) is 2.99. The van der Waals surface area contributed by atoms with Gasteiger partial charge in [-0.25, -0.2) is 4.79 Å². The zero-order valence-electron chi connectivity index (χ0n) is 11.2. The Balaban J connectivity index is 1.89. The molecule has 2 N–H and O–H groups in total. The van der Waals surface area contributed by atoms with Gasteiger partial charge in [0.25, 0.3) is 0 Å². The van der Waals surface area contributed by atoms with Gasteiger partial charge in [-0.15, -0.1) is 11.3 Å². The van der Waals surface area contributed by atoms with Crippen LogP contribution < -0.4 is 5.32 Å². The first kappa shape index (κ1) is 13.6. The predicted molar refractivity (Wildman–Crippen MR) is 74.2 cm³/mol. The number of aryl methyl sites for hydroxylation is 1. The first-order valence-corrected chi connectivity index (χ1v) is 7.29. The van der Waals surface area contributed by atoms with E-state index in [1.807, 2.05) is 6.92 Å². The number of carboxylic acid groups (broad SMARTS) is 1. The Labute approximate surface area is 112 Å². The van der Waals surface area contributed by atoms with Crippen molar-refractivity contribution < 1.29 is 9.90 Å². The second-order valence-electron chi connectivity index (χ2n) is 5.62. The maximum absolute atomic E-state index is 10.9. The summed E-state index contributed by atoms with van der Waals surface area (Å²) < 4.78 is 0. The molecular weight excluding hydrogens is 246 g/mol. The van der Waals surface area contributed by atoms with Gasteiger partial charge in [-0.3, -0.25) is 0 Å². The highest BCUT2D eigenvalue weighted by Crippen LogP contribution is 2.51. The molecule has 0 saturated heterocycles. The molecule has 1 aliphatic carbocycles. The number of aromatic carboxylic acids is 1. The van der Waals surface area contributed by atoms with Crippen molar-refractivity contribution in [2.45, 2.75) is 40.2 Å². The molecule has 0 amide bonds. The van der Waals surface area contributed by atoms with Crippen LogP contribution in [-0.2, 0) is 6.54 Å². The third kappa shape index (κ3) is 2.75. The van der Waals surface area contributed by atoms with E-state index in [9.17, 15) is 4.79 Å². The number of rotatable bonds is 6. The molecule has 4 heteroatoms. The van der Waals surface area contributed by atoms with E-state index >= 15 is 0 Å². The van der Waals surface area contributed by atoms with Crippen molar-refractivity contribution in [2.24, 2.45) is 11.3 Å². The van der Waals surface area contributed by atoms with E-state index in [1.165, 1.54) is 24.2 Å². The zero-order chi connectivity index (χ0) is 13.3. The van der Waals surface area contributed by atoms with Crippen LogP contribution in [-0.4, -0.2) is 17.6 Å². The van der Waals surface area contributed by atoms with Crippen molar-refractivity contribution in [3.63, 3.8) is 0 Å². The van der Waals surface area contributed by atoms with Crippen LogP contribution in [0.4, 0.5) is 0 Å². The predicted octanol–water partition coefficient (Wildman–Crippen LogP) is 3.28. The molecule has 0 spiro atoms. The Morgan fingerprint density at radius 2 is 2.22 bits per heavy atom. The van der Waals surface area contributed by atoms with Gasteiger partial charge in [0.05, 0.1) is 0 Å². The molecule has 1 aliphatic rings. The van der Waals surface area contributed by atoms with Crippen molar-refractivity contribution in [1.82, 2.24) is 5.32 Å². The second-order valence-corrected chi connectivity index (χ2v) is 6.87. The summed E-state index contributed by atoms with van der Waals surface area (Å²) in [5.74, 6) is -0.0988. The highest BCUT2D eigenvalue weighted by atomic mass is 32.1. The van der Waals surface area contributed by atoms with Crippen LogP contribution in [0.5, 0.6) is 0 Å². The van der Waals surface area contributed by atoms with Gasteiger partial charge in [0, 0.05) is 18.0 Å². The van der Waals surface area contributed by atoms with Gasteiger partial charge in [-0.1, -0.05) is 13.8 Å². The lowest BCUT2D eigenvalue weighted by Crippen LogP contribution is -2.27. The van der Waals surface area contributed by atoms with Crippen molar-refractivity contribution in [3.05, 3.63) is 21.4 Å². The van der Waals surface area contributed by atoms with Crippen molar-refractivity contribution in [1.29, 1.82) is 0 Å². The summed E-state index contributed by atoms with van der Waals surface area (Å²) in [6.07, 6.45) is 2.64. The van der Waals surface area contributed by atoms with E-state index in [-0.39, 0.29) is 0 Å². The van der Waals surface area contributed by atoms with E-state index in [0.29, 0.717) is 10.3 Å². The van der Waals surface area contributed by atoms with Crippen LogP contribution in [0.1, 0.15) is 46.8 Å². The number of hydrogen-bond donors (Lipinski definition) is 2. The summed E-state index contributed by atoms with van der Waals surface area (Å²) in [6.45, 7) is 8.38. The summed E-state index contributed by atoms with van der Waals surface area (Å²) in [7, 11) is 0. The fourth-order valence-electron chi connectivity index (χ4n) is 2.37. The van der Waals surface area contributed by atoms with Gasteiger partial charge in [0.2, 0.25) is 0 Å². The van der Waals surface area contributed by atoms with Crippen molar-refractivity contribution in [2.75, 3.05) is 6.54 Å². The van der Waals surface area contributed by atoms with Gasteiger partial charge < -0.3 is 10.4 Å². The molecule has 0 aromatic carbocycles. The Morgan fingerprint density at radius 3 is 2.67 bits per heavy atom. The number of carboxylic acids is 1. The molecule has 0 unspecified atom stereocenters. The third-order valence-corrected chi connectivity index (χ3v) is 5.22. The molecule has 1 aromatic rings. The topological polar surface area (TPSA) is 49.3 Å². The highest BCUT2D eigenvalue weighted by molar-refractivity contribution is 7.14. The number of thiophene rings is 1. The van der Waals surface area contributed by atoms with Crippen molar-refractivity contribution in [3.8, 4) is 0 Å². The molecule has 1 saturated carbocycles. The van der Waals surface area contributed by atoms with Gasteiger partial charge >= 0.3 is 5.97 Å². The normalized spacial score (nSPS) is 17.1. The first-order chi connectivity index (χ1) is 8.44. The van der Waals surface area contributed by atoms with Gasteiger partial charge in [0.1, 0.15) is 4.88 Å². The monoisotopic (exact) mass is 267 g/mol. The highest BCUT2D eigenvalue weighted by Gasteiger charge is 2.44. The van der Waals surface area contributed by atoms with Crippen LogP contribution in [0.25, 0.3) is 0 Å². The third-order valence-electron chi connectivity index (χ3n) is 4.14. The molecule has 3 nitrogen and oxygen atoms in total. The lowest BCUT2D eigenvalue weighted by atomic mass is 9.92. The molecule has 0 atom stereocenters. The van der Waals surface area contributed by atoms with E-state index in [4.69, 9.17) is 5.11 Å². The fourth-order valence-corrected chi connectivity index (χ4v) is 3.25.